The molecule has 7 heteroatoms. The van der Waals surface area contributed by atoms with Gasteiger partial charge in [-0.1, -0.05) is 30.3 Å². The summed E-state index contributed by atoms with van der Waals surface area (Å²) in [7, 11) is 0. The number of carbonyl (C=O) groups excluding carboxylic acids is 2. The van der Waals surface area contributed by atoms with Gasteiger partial charge in [0, 0.05) is 30.1 Å². The van der Waals surface area contributed by atoms with Gasteiger partial charge in [-0.15, -0.1) is 11.3 Å². The van der Waals surface area contributed by atoms with Crippen LogP contribution in [0.15, 0.2) is 41.8 Å². The molecule has 0 saturated carbocycles. The lowest BCUT2D eigenvalue weighted by Gasteiger charge is -2.15. The van der Waals surface area contributed by atoms with Crippen LogP contribution in [0.2, 0.25) is 0 Å². The van der Waals surface area contributed by atoms with Crippen LogP contribution in [0.25, 0.3) is 11.3 Å². The molecule has 0 fully saturated rings. The molecule has 2 heterocycles. The van der Waals surface area contributed by atoms with Crippen molar-refractivity contribution in [3.63, 3.8) is 0 Å². The van der Waals surface area contributed by atoms with Crippen LogP contribution in [0.3, 0.4) is 0 Å². The van der Waals surface area contributed by atoms with Crippen molar-refractivity contribution in [2.45, 2.75) is 27.2 Å². The first-order valence-corrected chi connectivity index (χ1v) is 10.7. The van der Waals surface area contributed by atoms with Gasteiger partial charge in [0.25, 0.3) is 5.91 Å². The summed E-state index contributed by atoms with van der Waals surface area (Å²) >= 11 is 1.36. The van der Waals surface area contributed by atoms with E-state index in [0.717, 1.165) is 40.2 Å². The molecule has 1 aliphatic heterocycles. The number of aryl methyl sites for hydroxylation is 2. The molecule has 0 saturated heterocycles. The molecule has 0 aliphatic carbocycles. The first kappa shape index (κ1) is 20.1. The fourth-order valence-electron chi connectivity index (χ4n) is 3.65. The minimum atomic E-state index is -0.254. The molecule has 30 heavy (non-hydrogen) atoms. The molecule has 0 atom stereocenters. The number of thiazole rings is 1. The van der Waals surface area contributed by atoms with Gasteiger partial charge >= 0.3 is 0 Å². The SMILES string of the molecule is CC(=O)N1CCc2ccc(-c3csc(NC(=O)COc4c(C)cccc4C)n3)cc21. The summed E-state index contributed by atoms with van der Waals surface area (Å²) in [5, 5.41) is 5.22. The Morgan fingerprint density at radius 2 is 1.97 bits per heavy atom. The van der Waals surface area contributed by atoms with Gasteiger partial charge < -0.3 is 9.64 Å². The zero-order chi connectivity index (χ0) is 21.3. The van der Waals surface area contributed by atoms with E-state index in [2.05, 4.69) is 10.3 Å². The van der Waals surface area contributed by atoms with Gasteiger partial charge in [-0.3, -0.25) is 14.9 Å². The molecular weight excluding hydrogens is 398 g/mol. The summed E-state index contributed by atoms with van der Waals surface area (Å²) in [5.74, 6) is 0.525. The van der Waals surface area contributed by atoms with E-state index in [9.17, 15) is 9.59 Å². The standard InChI is InChI=1S/C23H23N3O3S/c1-14-5-4-6-15(2)22(14)29-12-21(28)25-23-24-19(13-30-23)18-8-7-17-9-10-26(16(3)27)20(17)11-18/h4-8,11,13H,9-10,12H2,1-3H3,(H,24,25,28). The summed E-state index contributed by atoms with van der Waals surface area (Å²) in [6.07, 6.45) is 0.869. The Labute approximate surface area is 179 Å². The third kappa shape index (κ3) is 4.07. The number of ether oxygens (including phenoxy) is 1. The molecule has 1 aromatic heterocycles. The van der Waals surface area contributed by atoms with Crippen LogP contribution in [0.4, 0.5) is 10.8 Å². The van der Waals surface area contributed by atoms with Crippen LogP contribution in [0.5, 0.6) is 5.75 Å². The first-order valence-electron chi connectivity index (χ1n) is 9.78. The highest BCUT2D eigenvalue weighted by atomic mass is 32.1. The van der Waals surface area contributed by atoms with E-state index >= 15 is 0 Å². The van der Waals surface area contributed by atoms with E-state index in [-0.39, 0.29) is 18.4 Å². The van der Waals surface area contributed by atoms with E-state index in [4.69, 9.17) is 4.74 Å². The molecule has 0 bridgehead atoms. The number of anilines is 2. The van der Waals surface area contributed by atoms with Crippen molar-refractivity contribution in [1.82, 2.24) is 4.98 Å². The van der Waals surface area contributed by atoms with Gasteiger partial charge in [-0.05, 0) is 43.0 Å². The zero-order valence-electron chi connectivity index (χ0n) is 17.2. The number of rotatable bonds is 5. The number of fused-ring (bicyclic) bond motifs is 1. The fraction of sp³-hybridized carbons (Fsp3) is 0.261. The molecule has 0 unspecified atom stereocenters. The number of aromatic nitrogens is 1. The van der Waals surface area contributed by atoms with Crippen molar-refractivity contribution in [1.29, 1.82) is 0 Å². The predicted octanol–water partition coefficient (Wildman–Crippen LogP) is 4.35. The third-order valence-corrected chi connectivity index (χ3v) is 5.92. The van der Waals surface area contributed by atoms with Crippen molar-refractivity contribution >= 4 is 34.0 Å². The number of para-hydroxylation sites is 1. The highest BCUT2D eigenvalue weighted by Gasteiger charge is 2.23. The van der Waals surface area contributed by atoms with Crippen LogP contribution in [-0.2, 0) is 16.0 Å². The van der Waals surface area contributed by atoms with Crippen molar-refractivity contribution in [2.75, 3.05) is 23.4 Å². The van der Waals surface area contributed by atoms with Gasteiger partial charge in [-0.25, -0.2) is 4.98 Å². The quantitative estimate of drug-likeness (QED) is 0.665. The molecule has 1 aliphatic rings. The Morgan fingerprint density at radius 1 is 1.20 bits per heavy atom. The second-order valence-corrected chi connectivity index (χ2v) is 8.22. The van der Waals surface area contributed by atoms with Crippen molar-refractivity contribution in [3.8, 4) is 17.0 Å². The van der Waals surface area contributed by atoms with Crippen LogP contribution >= 0.6 is 11.3 Å². The Balaban J connectivity index is 1.43. The Bertz CT molecular complexity index is 1100. The minimum Gasteiger partial charge on any atom is -0.483 e. The lowest BCUT2D eigenvalue weighted by atomic mass is 10.1. The fourth-order valence-corrected chi connectivity index (χ4v) is 4.39. The van der Waals surface area contributed by atoms with Crippen molar-refractivity contribution in [3.05, 3.63) is 58.5 Å². The van der Waals surface area contributed by atoms with E-state index < -0.39 is 0 Å². The highest BCUT2D eigenvalue weighted by molar-refractivity contribution is 7.14. The molecule has 0 radical (unpaired) electrons. The van der Waals surface area contributed by atoms with E-state index in [1.54, 1.807) is 11.8 Å². The summed E-state index contributed by atoms with van der Waals surface area (Å²) in [4.78, 5) is 30.5. The second kappa shape index (κ2) is 8.28. The number of nitrogens with one attached hydrogen (secondary N) is 1. The number of carbonyl (C=O) groups is 2. The monoisotopic (exact) mass is 421 g/mol. The van der Waals surface area contributed by atoms with Gasteiger partial charge in [0.2, 0.25) is 5.91 Å². The molecule has 1 N–H and O–H groups in total. The molecule has 6 nitrogen and oxygen atoms in total. The largest absolute Gasteiger partial charge is 0.483 e. The smallest absolute Gasteiger partial charge is 0.264 e. The van der Waals surface area contributed by atoms with E-state index in [0.29, 0.717) is 11.7 Å². The Hall–Kier alpha value is -3.19. The van der Waals surface area contributed by atoms with Crippen LogP contribution < -0.4 is 15.0 Å². The number of benzene rings is 2. The van der Waals surface area contributed by atoms with E-state index in [1.165, 1.54) is 16.9 Å². The maximum atomic E-state index is 12.3. The van der Waals surface area contributed by atoms with Crippen molar-refractivity contribution in [2.24, 2.45) is 0 Å². The van der Waals surface area contributed by atoms with Gasteiger partial charge in [-0.2, -0.15) is 0 Å². The zero-order valence-corrected chi connectivity index (χ0v) is 18.0. The summed E-state index contributed by atoms with van der Waals surface area (Å²) in [5.41, 5.74) is 5.79. The van der Waals surface area contributed by atoms with Crippen LogP contribution in [0.1, 0.15) is 23.6 Å². The summed E-state index contributed by atoms with van der Waals surface area (Å²) in [6, 6.07) is 11.9. The lowest BCUT2D eigenvalue weighted by Crippen LogP contribution is -2.25. The minimum absolute atomic E-state index is 0.0426. The molecule has 0 spiro atoms. The average Bonchev–Trinajstić information content (AvgIpc) is 3.34. The number of hydrogen-bond donors (Lipinski definition) is 1. The number of nitrogens with zero attached hydrogens (tertiary/aromatic N) is 2. The van der Waals surface area contributed by atoms with Crippen molar-refractivity contribution < 1.29 is 14.3 Å². The maximum absolute atomic E-state index is 12.3. The van der Waals surface area contributed by atoms with E-state index in [1.807, 2.05) is 55.6 Å². The van der Waals surface area contributed by atoms with Gasteiger partial charge in [0.15, 0.2) is 11.7 Å². The lowest BCUT2D eigenvalue weighted by molar-refractivity contribution is -0.118. The van der Waals surface area contributed by atoms with Crippen LogP contribution in [0, 0.1) is 13.8 Å². The molecule has 3 aromatic rings. The predicted molar refractivity (Wildman–Crippen MR) is 119 cm³/mol. The van der Waals surface area contributed by atoms with Crippen LogP contribution in [-0.4, -0.2) is 29.9 Å². The molecule has 2 amide bonds. The Kier molecular flexibility index (Phi) is 5.55. The molecular formula is C23H23N3O3S. The first-order chi connectivity index (χ1) is 14.4. The third-order valence-electron chi connectivity index (χ3n) is 5.16. The molecule has 4 rings (SSSR count). The summed E-state index contributed by atoms with van der Waals surface area (Å²) < 4.78 is 5.70. The maximum Gasteiger partial charge on any atom is 0.264 e. The normalized spacial score (nSPS) is 12.6. The summed E-state index contributed by atoms with van der Waals surface area (Å²) in [6.45, 7) is 6.13. The molecule has 154 valence electrons. The average molecular weight is 422 g/mol. The number of amides is 2. The van der Waals surface area contributed by atoms with Gasteiger partial charge in [0.05, 0.1) is 5.69 Å². The topological polar surface area (TPSA) is 71.5 Å². The Morgan fingerprint density at radius 3 is 2.70 bits per heavy atom. The highest BCUT2D eigenvalue weighted by Crippen LogP contribution is 2.34. The second-order valence-electron chi connectivity index (χ2n) is 7.36. The molecule has 2 aromatic carbocycles. The number of hydrogen-bond acceptors (Lipinski definition) is 5. The van der Waals surface area contributed by atoms with Gasteiger partial charge in [0.1, 0.15) is 5.75 Å².